The Kier molecular flexibility index (Phi) is 5.51. The number of aromatic nitrogens is 3. The monoisotopic (exact) mass is 298 g/mol. The fourth-order valence-corrected chi connectivity index (χ4v) is 2.65. The second kappa shape index (κ2) is 7.37. The van der Waals surface area contributed by atoms with Crippen molar-refractivity contribution in [2.24, 2.45) is 0 Å². The van der Waals surface area contributed by atoms with Gasteiger partial charge < -0.3 is 15.5 Å². The molecular weight excluding hydrogens is 276 g/mol. The summed E-state index contributed by atoms with van der Waals surface area (Å²) in [6, 6.07) is 0. The van der Waals surface area contributed by atoms with Crippen molar-refractivity contribution < 1.29 is 4.21 Å². The first-order valence-electron chi connectivity index (χ1n) is 7.00. The Morgan fingerprint density at radius 1 is 1.20 bits per heavy atom. The fourth-order valence-electron chi connectivity index (χ4n) is 2.04. The van der Waals surface area contributed by atoms with E-state index in [1.165, 1.54) is 12.8 Å². The highest BCUT2D eigenvalue weighted by molar-refractivity contribution is 7.84. The highest BCUT2D eigenvalue weighted by Crippen LogP contribution is 2.18. The van der Waals surface area contributed by atoms with Crippen LogP contribution in [0, 0.1) is 0 Å². The number of nitrogens with zero attached hydrogens (tertiary/aromatic N) is 4. The highest BCUT2D eigenvalue weighted by atomic mass is 32.2. The average molecular weight is 298 g/mol. The molecule has 2 heterocycles. The van der Waals surface area contributed by atoms with Crippen LogP contribution >= 0.6 is 0 Å². The molecule has 0 bridgehead atoms. The molecule has 0 aliphatic carbocycles. The van der Waals surface area contributed by atoms with Gasteiger partial charge in [-0.15, -0.1) is 0 Å². The predicted molar refractivity (Wildman–Crippen MR) is 82.9 cm³/mol. The summed E-state index contributed by atoms with van der Waals surface area (Å²) in [5.41, 5.74) is 0. The van der Waals surface area contributed by atoms with Gasteiger partial charge in [-0.1, -0.05) is 6.92 Å². The van der Waals surface area contributed by atoms with Crippen molar-refractivity contribution in [1.82, 2.24) is 15.0 Å². The molecule has 0 aromatic carbocycles. The molecule has 1 fully saturated rings. The van der Waals surface area contributed by atoms with Crippen molar-refractivity contribution in [2.45, 2.75) is 19.8 Å². The van der Waals surface area contributed by atoms with Crippen molar-refractivity contribution in [3.05, 3.63) is 0 Å². The van der Waals surface area contributed by atoms with Crippen LogP contribution in [-0.2, 0) is 10.8 Å². The molecule has 0 saturated carbocycles. The van der Waals surface area contributed by atoms with Crippen LogP contribution in [0.3, 0.4) is 0 Å². The zero-order valence-electron chi connectivity index (χ0n) is 12.1. The van der Waals surface area contributed by atoms with Crippen LogP contribution in [-0.4, -0.2) is 57.3 Å². The van der Waals surface area contributed by atoms with Gasteiger partial charge >= 0.3 is 0 Å². The molecule has 1 aliphatic rings. The van der Waals surface area contributed by atoms with E-state index in [0.29, 0.717) is 35.9 Å². The molecule has 0 radical (unpaired) electrons. The summed E-state index contributed by atoms with van der Waals surface area (Å²) in [5.74, 6) is 3.09. The van der Waals surface area contributed by atoms with E-state index < -0.39 is 10.8 Å². The van der Waals surface area contributed by atoms with Gasteiger partial charge in [0.15, 0.2) is 0 Å². The SMILES string of the molecule is CCS(=O)CCNc1nc(NC)nc(N2CCCC2)n1. The van der Waals surface area contributed by atoms with Crippen LogP contribution in [0.5, 0.6) is 0 Å². The van der Waals surface area contributed by atoms with Gasteiger partial charge in [0.25, 0.3) is 0 Å². The molecule has 1 saturated heterocycles. The minimum atomic E-state index is -0.775. The fraction of sp³-hybridized carbons (Fsp3) is 0.750. The third-order valence-corrected chi connectivity index (χ3v) is 4.47. The van der Waals surface area contributed by atoms with Gasteiger partial charge in [-0.25, -0.2) is 0 Å². The zero-order chi connectivity index (χ0) is 14.4. The maximum atomic E-state index is 11.4. The first-order valence-corrected chi connectivity index (χ1v) is 8.49. The minimum absolute atomic E-state index is 0.541. The van der Waals surface area contributed by atoms with Crippen LogP contribution < -0.4 is 15.5 Å². The smallest absolute Gasteiger partial charge is 0.231 e. The van der Waals surface area contributed by atoms with Crippen molar-refractivity contribution in [3.8, 4) is 0 Å². The van der Waals surface area contributed by atoms with E-state index >= 15 is 0 Å². The lowest BCUT2D eigenvalue weighted by Crippen LogP contribution is -2.22. The second-order valence-corrected chi connectivity index (χ2v) is 6.45. The van der Waals surface area contributed by atoms with Crippen LogP contribution in [0.25, 0.3) is 0 Å². The maximum absolute atomic E-state index is 11.4. The molecule has 8 heteroatoms. The molecule has 7 nitrogen and oxygen atoms in total. The van der Waals surface area contributed by atoms with E-state index in [1.54, 1.807) is 7.05 Å². The van der Waals surface area contributed by atoms with E-state index in [0.717, 1.165) is 13.1 Å². The summed E-state index contributed by atoms with van der Waals surface area (Å²) >= 11 is 0. The molecule has 1 unspecified atom stereocenters. The number of anilines is 3. The quantitative estimate of drug-likeness (QED) is 0.766. The number of rotatable bonds is 7. The van der Waals surface area contributed by atoms with Crippen LogP contribution in [0.2, 0.25) is 0 Å². The Balaban J connectivity index is 2.03. The molecule has 0 spiro atoms. The molecule has 1 aromatic rings. The van der Waals surface area contributed by atoms with Gasteiger partial charge in [0, 0.05) is 49.0 Å². The largest absolute Gasteiger partial charge is 0.357 e. The Morgan fingerprint density at radius 2 is 1.90 bits per heavy atom. The summed E-state index contributed by atoms with van der Waals surface area (Å²) in [7, 11) is 1.02. The molecule has 0 amide bonds. The molecule has 1 aromatic heterocycles. The normalized spacial score (nSPS) is 16.2. The third-order valence-electron chi connectivity index (χ3n) is 3.17. The molecule has 2 N–H and O–H groups in total. The lowest BCUT2D eigenvalue weighted by Gasteiger charge is -2.16. The highest BCUT2D eigenvalue weighted by Gasteiger charge is 2.17. The number of nitrogens with one attached hydrogen (secondary N) is 2. The van der Waals surface area contributed by atoms with Gasteiger partial charge in [-0.3, -0.25) is 4.21 Å². The average Bonchev–Trinajstić information content (AvgIpc) is 3.01. The summed E-state index contributed by atoms with van der Waals surface area (Å²) in [6.45, 7) is 4.51. The number of hydrogen-bond acceptors (Lipinski definition) is 7. The second-order valence-electron chi connectivity index (χ2n) is 4.59. The maximum Gasteiger partial charge on any atom is 0.231 e. The lowest BCUT2D eigenvalue weighted by atomic mass is 10.4. The molecule has 1 atom stereocenters. The Hall–Kier alpha value is -1.44. The Labute approximate surface area is 122 Å². The van der Waals surface area contributed by atoms with Crippen molar-refractivity contribution in [2.75, 3.05) is 53.7 Å². The summed E-state index contributed by atoms with van der Waals surface area (Å²) in [6.07, 6.45) is 2.36. The molecule has 2 rings (SSSR count). The first kappa shape index (κ1) is 15.0. The van der Waals surface area contributed by atoms with E-state index in [2.05, 4.69) is 30.5 Å². The van der Waals surface area contributed by atoms with Crippen molar-refractivity contribution >= 4 is 28.6 Å². The van der Waals surface area contributed by atoms with Gasteiger partial charge in [-0.2, -0.15) is 15.0 Å². The van der Waals surface area contributed by atoms with E-state index in [-0.39, 0.29) is 0 Å². The predicted octanol–water partition coefficient (Wildman–Crippen LogP) is 0.694. The number of hydrogen-bond donors (Lipinski definition) is 2. The van der Waals surface area contributed by atoms with Gasteiger partial charge in [-0.05, 0) is 12.8 Å². The molecule has 20 heavy (non-hydrogen) atoms. The first-order chi connectivity index (χ1) is 9.72. The van der Waals surface area contributed by atoms with Crippen LogP contribution in [0.4, 0.5) is 17.8 Å². The van der Waals surface area contributed by atoms with Gasteiger partial charge in [0.05, 0.1) is 0 Å². The summed E-state index contributed by atoms with van der Waals surface area (Å²) in [5, 5.41) is 6.08. The molecular formula is C12H22N6OS. The topological polar surface area (TPSA) is 83.0 Å². The van der Waals surface area contributed by atoms with Gasteiger partial charge in [0.2, 0.25) is 17.8 Å². The van der Waals surface area contributed by atoms with Gasteiger partial charge in [0.1, 0.15) is 0 Å². The summed E-state index contributed by atoms with van der Waals surface area (Å²) < 4.78 is 11.4. The van der Waals surface area contributed by atoms with E-state index in [4.69, 9.17) is 0 Å². The Bertz CT molecular complexity index is 463. The zero-order valence-corrected chi connectivity index (χ0v) is 12.9. The van der Waals surface area contributed by atoms with E-state index in [1.807, 2.05) is 6.92 Å². The third kappa shape index (κ3) is 4.03. The lowest BCUT2D eigenvalue weighted by molar-refractivity contribution is 0.684. The standard InChI is InChI=1S/C12H22N6OS/c1-3-20(19)9-6-14-11-15-10(13-2)16-12(17-11)18-7-4-5-8-18/h3-9H2,1-2H3,(H2,13,14,15,16,17). The molecule has 112 valence electrons. The van der Waals surface area contributed by atoms with Crippen LogP contribution in [0.15, 0.2) is 0 Å². The minimum Gasteiger partial charge on any atom is -0.357 e. The van der Waals surface area contributed by atoms with Crippen molar-refractivity contribution in [3.63, 3.8) is 0 Å². The molecule has 1 aliphatic heterocycles. The van der Waals surface area contributed by atoms with E-state index in [9.17, 15) is 4.21 Å². The van der Waals surface area contributed by atoms with Crippen molar-refractivity contribution in [1.29, 1.82) is 0 Å². The summed E-state index contributed by atoms with van der Waals surface area (Å²) in [4.78, 5) is 15.3. The van der Waals surface area contributed by atoms with Crippen LogP contribution in [0.1, 0.15) is 19.8 Å². The Morgan fingerprint density at radius 3 is 2.55 bits per heavy atom.